The van der Waals surface area contributed by atoms with Crippen molar-refractivity contribution in [3.63, 3.8) is 0 Å². The van der Waals surface area contributed by atoms with E-state index in [9.17, 15) is 9.18 Å². The second-order valence-corrected chi connectivity index (χ2v) is 10.6. The first-order valence-electron chi connectivity index (χ1n) is 12.3. The molecule has 1 atom stereocenters. The molecule has 2 fully saturated rings. The monoisotopic (exact) mass is 507 g/mol. The van der Waals surface area contributed by atoms with Gasteiger partial charge in [0.15, 0.2) is 5.82 Å². The molecule has 1 saturated carbocycles. The number of carbonyl (C=O) groups excluding carboxylic acids is 1. The van der Waals surface area contributed by atoms with Crippen molar-refractivity contribution in [2.45, 2.75) is 35.4 Å². The molecule has 2 amide bonds. The lowest BCUT2D eigenvalue weighted by atomic mass is 10.1. The van der Waals surface area contributed by atoms with Crippen LogP contribution in [-0.2, 0) is 9.48 Å². The topological polar surface area (TPSA) is 79.4 Å². The largest absolute Gasteiger partial charge is 0.377 e. The van der Waals surface area contributed by atoms with E-state index in [4.69, 9.17) is 14.7 Å². The van der Waals surface area contributed by atoms with Gasteiger partial charge in [0.1, 0.15) is 12.5 Å². The first-order valence-corrected chi connectivity index (χ1v) is 13.1. The third kappa shape index (κ3) is 5.63. The fraction of sp³-hybridized carbons (Fsp3) is 0.370. The van der Waals surface area contributed by atoms with Crippen LogP contribution in [0.3, 0.4) is 0 Å². The maximum Gasteiger partial charge on any atom is 0.319 e. The number of alkyl halides is 1. The second-order valence-electron chi connectivity index (χ2n) is 9.11. The lowest BCUT2D eigenvalue weighted by Gasteiger charge is -2.34. The summed E-state index contributed by atoms with van der Waals surface area (Å²) in [6.45, 7) is 3.66. The lowest BCUT2D eigenvalue weighted by molar-refractivity contribution is 0.0985. The van der Waals surface area contributed by atoms with Crippen LogP contribution in [0.15, 0.2) is 65.6 Å². The number of hydrogen-bond acceptors (Lipinski definition) is 6. The first-order chi connectivity index (χ1) is 17.6. The molecule has 188 valence electrons. The van der Waals surface area contributed by atoms with Gasteiger partial charge in [-0.25, -0.2) is 19.2 Å². The third-order valence-corrected chi connectivity index (χ3v) is 7.90. The summed E-state index contributed by atoms with van der Waals surface area (Å²) < 4.78 is 17.9. The molecule has 2 aromatic carbocycles. The standard InChI is InChI=1S/C27H30FN5O2S/c1-19-18-35-16-15-33(19)24-17-23(27(11-12-27)36-22-5-3-2-4-6-22)31-25(32-24)20-7-9-21(10-8-20)30-26(34)29-14-13-28/h2-10,17,19H,11-16,18H2,1H3,(H2,29,30,34)/t19-/m0/s1. The molecule has 1 saturated heterocycles. The normalized spacial score (nSPS) is 18.5. The summed E-state index contributed by atoms with van der Waals surface area (Å²) in [5, 5.41) is 5.17. The van der Waals surface area contributed by atoms with Crippen molar-refractivity contribution in [1.29, 1.82) is 0 Å². The zero-order chi connectivity index (χ0) is 25.0. The van der Waals surface area contributed by atoms with Crippen molar-refractivity contribution in [3.05, 3.63) is 66.4 Å². The van der Waals surface area contributed by atoms with Crippen molar-refractivity contribution in [2.24, 2.45) is 0 Å². The van der Waals surface area contributed by atoms with Crippen LogP contribution < -0.4 is 15.5 Å². The number of benzene rings is 2. The number of thioether (sulfide) groups is 1. The molecule has 1 aliphatic carbocycles. The molecule has 3 aromatic rings. The molecule has 36 heavy (non-hydrogen) atoms. The van der Waals surface area contributed by atoms with Gasteiger partial charge in [0.2, 0.25) is 0 Å². The summed E-state index contributed by atoms with van der Waals surface area (Å²) >= 11 is 1.87. The maximum absolute atomic E-state index is 12.3. The zero-order valence-corrected chi connectivity index (χ0v) is 21.1. The van der Waals surface area contributed by atoms with E-state index in [1.54, 1.807) is 0 Å². The van der Waals surface area contributed by atoms with Gasteiger partial charge < -0.3 is 20.3 Å². The van der Waals surface area contributed by atoms with Gasteiger partial charge in [-0.1, -0.05) is 18.2 Å². The fourth-order valence-corrected chi connectivity index (χ4v) is 5.55. The Hall–Kier alpha value is -3.17. The highest BCUT2D eigenvalue weighted by Crippen LogP contribution is 2.59. The lowest BCUT2D eigenvalue weighted by Crippen LogP contribution is -2.44. The number of morpholine rings is 1. The number of ether oxygens (including phenoxy) is 1. The summed E-state index contributed by atoms with van der Waals surface area (Å²) in [5.74, 6) is 1.58. The van der Waals surface area contributed by atoms with E-state index < -0.39 is 12.7 Å². The van der Waals surface area contributed by atoms with Gasteiger partial charge in [0.05, 0.1) is 29.7 Å². The van der Waals surface area contributed by atoms with Gasteiger partial charge in [0.25, 0.3) is 0 Å². The number of nitrogens with zero attached hydrogens (tertiary/aromatic N) is 3. The molecule has 0 unspecified atom stereocenters. The number of anilines is 2. The van der Waals surface area contributed by atoms with Crippen molar-refractivity contribution in [2.75, 3.05) is 43.2 Å². The Balaban J connectivity index is 1.46. The second kappa shape index (κ2) is 10.8. The van der Waals surface area contributed by atoms with Crippen LogP contribution in [-0.4, -0.2) is 55.0 Å². The SMILES string of the molecule is C[C@H]1COCCN1c1cc(C2(Sc3ccccc3)CC2)nc(-c2ccc(NC(=O)NCCF)cc2)n1. The molecular weight excluding hydrogens is 477 g/mol. The van der Waals surface area contributed by atoms with E-state index in [0.717, 1.165) is 36.5 Å². The Kier molecular flexibility index (Phi) is 7.38. The molecule has 0 radical (unpaired) electrons. The predicted molar refractivity (Wildman–Crippen MR) is 141 cm³/mol. The minimum Gasteiger partial charge on any atom is -0.377 e. The van der Waals surface area contributed by atoms with Crippen molar-refractivity contribution >= 4 is 29.3 Å². The molecule has 2 N–H and O–H groups in total. The van der Waals surface area contributed by atoms with E-state index >= 15 is 0 Å². The van der Waals surface area contributed by atoms with Gasteiger partial charge in [-0.3, -0.25) is 0 Å². The smallest absolute Gasteiger partial charge is 0.319 e. The minimum absolute atomic E-state index is 0.0178. The van der Waals surface area contributed by atoms with Crippen LogP contribution >= 0.6 is 11.8 Å². The molecule has 2 aliphatic rings. The van der Waals surface area contributed by atoms with Crippen LogP contribution in [0.5, 0.6) is 0 Å². The van der Waals surface area contributed by atoms with Gasteiger partial charge in [0, 0.05) is 35.3 Å². The van der Waals surface area contributed by atoms with Crippen molar-refractivity contribution in [3.8, 4) is 11.4 Å². The number of amides is 2. The van der Waals surface area contributed by atoms with Gasteiger partial charge in [-0.2, -0.15) is 0 Å². The Morgan fingerprint density at radius 3 is 2.64 bits per heavy atom. The molecule has 1 aromatic heterocycles. The van der Waals surface area contributed by atoms with Crippen molar-refractivity contribution < 1.29 is 13.9 Å². The van der Waals surface area contributed by atoms with E-state index in [0.29, 0.717) is 24.7 Å². The number of halogens is 1. The number of nitrogens with one attached hydrogen (secondary N) is 2. The van der Waals surface area contributed by atoms with Crippen molar-refractivity contribution in [1.82, 2.24) is 15.3 Å². The van der Waals surface area contributed by atoms with E-state index in [2.05, 4.69) is 52.8 Å². The summed E-state index contributed by atoms with van der Waals surface area (Å²) in [6, 6.07) is 19.8. The summed E-state index contributed by atoms with van der Waals surface area (Å²) in [4.78, 5) is 25.4. The maximum atomic E-state index is 12.3. The van der Waals surface area contributed by atoms with Crippen LogP contribution in [0.1, 0.15) is 25.5 Å². The zero-order valence-electron chi connectivity index (χ0n) is 20.2. The number of urea groups is 1. The number of aromatic nitrogens is 2. The van der Waals surface area contributed by atoms with Gasteiger partial charge >= 0.3 is 6.03 Å². The van der Waals surface area contributed by atoms with Crippen LogP contribution in [0.25, 0.3) is 11.4 Å². The van der Waals surface area contributed by atoms with Crippen LogP contribution in [0, 0.1) is 0 Å². The summed E-state index contributed by atoms with van der Waals surface area (Å²) in [6.07, 6.45) is 2.13. The minimum atomic E-state index is -0.603. The molecule has 0 bridgehead atoms. The summed E-state index contributed by atoms with van der Waals surface area (Å²) in [5.41, 5.74) is 2.53. The van der Waals surface area contributed by atoms with Crippen LogP contribution in [0.2, 0.25) is 0 Å². The van der Waals surface area contributed by atoms with Gasteiger partial charge in [-0.05, 0) is 56.2 Å². The molecule has 9 heteroatoms. The molecule has 0 spiro atoms. The van der Waals surface area contributed by atoms with E-state index in [1.807, 2.05) is 42.1 Å². The van der Waals surface area contributed by atoms with Crippen LogP contribution in [0.4, 0.5) is 20.7 Å². The average molecular weight is 508 g/mol. The Labute approximate surface area is 214 Å². The highest BCUT2D eigenvalue weighted by Gasteiger charge is 2.47. The Bertz CT molecular complexity index is 1190. The first kappa shape index (κ1) is 24.5. The Morgan fingerprint density at radius 2 is 1.94 bits per heavy atom. The third-order valence-electron chi connectivity index (χ3n) is 6.38. The molecular formula is C27H30FN5O2S. The highest BCUT2D eigenvalue weighted by atomic mass is 32.2. The number of hydrogen-bond donors (Lipinski definition) is 2. The molecule has 2 heterocycles. The quantitative estimate of drug-likeness (QED) is 0.434. The molecule has 5 rings (SSSR count). The molecule has 1 aliphatic heterocycles. The average Bonchev–Trinajstić information content (AvgIpc) is 3.69. The van der Waals surface area contributed by atoms with E-state index in [-0.39, 0.29) is 17.3 Å². The molecule has 7 nitrogen and oxygen atoms in total. The number of carbonyl (C=O) groups is 1. The predicted octanol–water partition coefficient (Wildman–Crippen LogP) is 5.24. The number of rotatable bonds is 8. The van der Waals surface area contributed by atoms with Gasteiger partial charge in [-0.15, -0.1) is 11.8 Å². The summed E-state index contributed by atoms with van der Waals surface area (Å²) in [7, 11) is 0. The Morgan fingerprint density at radius 1 is 1.17 bits per heavy atom. The highest BCUT2D eigenvalue weighted by molar-refractivity contribution is 8.00. The van der Waals surface area contributed by atoms with E-state index in [1.165, 1.54) is 4.90 Å². The fourth-order valence-electron chi connectivity index (χ4n) is 4.29.